The Labute approximate surface area is 96.7 Å². The molecule has 0 radical (unpaired) electrons. The van der Waals surface area contributed by atoms with Gasteiger partial charge in [-0.15, -0.1) is 0 Å². The van der Waals surface area contributed by atoms with Gasteiger partial charge in [-0.2, -0.15) is 4.39 Å². The summed E-state index contributed by atoms with van der Waals surface area (Å²) in [7, 11) is 0. The van der Waals surface area contributed by atoms with Crippen LogP contribution in [-0.4, -0.2) is 10.7 Å². The van der Waals surface area contributed by atoms with E-state index in [1.54, 1.807) is 31.3 Å². The van der Waals surface area contributed by atoms with E-state index < -0.39 is 5.95 Å². The van der Waals surface area contributed by atoms with E-state index in [0.29, 0.717) is 34.2 Å². The zero-order chi connectivity index (χ0) is 12.0. The number of halogens is 2. The number of fused-ring (bicyclic) bond motifs is 1. The Hall–Kier alpha value is -1.97. The first kappa shape index (κ1) is 10.2. The molecule has 17 heavy (non-hydrogen) atoms. The van der Waals surface area contributed by atoms with Crippen molar-refractivity contribution < 1.29 is 8.78 Å². The molecule has 0 aliphatic carbocycles. The second-order valence-corrected chi connectivity index (χ2v) is 4.16. The molecule has 1 aliphatic heterocycles. The fourth-order valence-electron chi connectivity index (χ4n) is 2.14. The van der Waals surface area contributed by atoms with E-state index in [0.717, 1.165) is 0 Å². The summed E-state index contributed by atoms with van der Waals surface area (Å²) in [4.78, 5) is 6.63. The lowest BCUT2D eigenvalue weighted by Gasteiger charge is -2.05. The minimum absolute atomic E-state index is 0.301. The first-order valence-electron chi connectivity index (χ1n) is 5.35. The average molecular weight is 232 g/mol. The van der Waals surface area contributed by atoms with E-state index in [4.69, 9.17) is 0 Å². The Morgan fingerprint density at radius 2 is 2.06 bits per heavy atom. The van der Waals surface area contributed by atoms with Crippen molar-refractivity contribution in [1.29, 1.82) is 0 Å². The first-order chi connectivity index (χ1) is 8.16. The highest BCUT2D eigenvalue weighted by Gasteiger charge is 2.20. The van der Waals surface area contributed by atoms with Gasteiger partial charge in [0.25, 0.3) is 0 Å². The normalized spacial score (nSPS) is 15.8. The molecule has 2 heterocycles. The van der Waals surface area contributed by atoms with Crippen LogP contribution in [0.5, 0.6) is 0 Å². The molecule has 1 aromatic carbocycles. The number of nitrogens with zero attached hydrogens (tertiary/aromatic N) is 1. The maximum absolute atomic E-state index is 14.2. The molecule has 0 saturated heterocycles. The van der Waals surface area contributed by atoms with Crippen LogP contribution in [0.4, 0.5) is 8.78 Å². The molecule has 1 N–H and O–H groups in total. The SMILES string of the molecule is CC1=NC(F)=C(c2ccc3[nH]ccc3c2F)C1. The Bertz CT molecular complexity index is 665. The van der Waals surface area contributed by atoms with Crippen LogP contribution >= 0.6 is 0 Å². The van der Waals surface area contributed by atoms with E-state index >= 15 is 0 Å². The fraction of sp³-hybridized carbons (Fsp3) is 0.154. The number of hydrogen-bond acceptors (Lipinski definition) is 1. The third kappa shape index (κ3) is 1.48. The van der Waals surface area contributed by atoms with E-state index in [1.807, 2.05) is 0 Å². The van der Waals surface area contributed by atoms with Crippen LogP contribution < -0.4 is 0 Å². The van der Waals surface area contributed by atoms with Gasteiger partial charge < -0.3 is 4.98 Å². The Balaban J connectivity index is 2.19. The van der Waals surface area contributed by atoms with Crippen molar-refractivity contribution in [3.05, 3.63) is 41.7 Å². The lowest BCUT2D eigenvalue weighted by molar-refractivity contribution is 0.622. The number of benzene rings is 1. The number of aromatic nitrogens is 1. The quantitative estimate of drug-likeness (QED) is 0.724. The van der Waals surface area contributed by atoms with Crippen LogP contribution in [0.3, 0.4) is 0 Å². The Morgan fingerprint density at radius 3 is 2.76 bits per heavy atom. The number of rotatable bonds is 1. The predicted octanol–water partition coefficient (Wildman–Crippen LogP) is 3.81. The minimum Gasteiger partial charge on any atom is -0.361 e. The molecule has 4 heteroatoms. The number of allylic oxidation sites excluding steroid dienone is 1. The minimum atomic E-state index is -0.573. The van der Waals surface area contributed by atoms with Crippen LogP contribution in [0, 0.1) is 5.82 Å². The predicted molar refractivity (Wildman–Crippen MR) is 64.0 cm³/mol. The van der Waals surface area contributed by atoms with Gasteiger partial charge in [0.1, 0.15) is 5.82 Å². The van der Waals surface area contributed by atoms with Gasteiger partial charge in [0, 0.05) is 40.4 Å². The maximum atomic E-state index is 14.2. The van der Waals surface area contributed by atoms with E-state index in [1.165, 1.54) is 0 Å². The lowest BCUT2D eigenvalue weighted by Crippen LogP contribution is -1.93. The molecule has 2 nitrogen and oxygen atoms in total. The van der Waals surface area contributed by atoms with E-state index in [-0.39, 0.29) is 5.82 Å². The van der Waals surface area contributed by atoms with Gasteiger partial charge in [-0.05, 0) is 25.1 Å². The highest BCUT2D eigenvalue weighted by molar-refractivity contribution is 5.99. The largest absolute Gasteiger partial charge is 0.361 e. The van der Waals surface area contributed by atoms with Gasteiger partial charge >= 0.3 is 0 Å². The van der Waals surface area contributed by atoms with Gasteiger partial charge in [0.05, 0.1) is 0 Å². The number of aromatic amines is 1. The maximum Gasteiger partial charge on any atom is 0.217 e. The summed E-state index contributed by atoms with van der Waals surface area (Å²) in [5.74, 6) is -0.963. The number of nitrogens with one attached hydrogen (secondary N) is 1. The Morgan fingerprint density at radius 1 is 1.24 bits per heavy atom. The van der Waals surface area contributed by atoms with Crippen LogP contribution in [-0.2, 0) is 0 Å². The summed E-state index contributed by atoms with van der Waals surface area (Å²) < 4.78 is 27.7. The van der Waals surface area contributed by atoms with Crippen molar-refractivity contribution in [2.45, 2.75) is 13.3 Å². The number of hydrogen-bond donors (Lipinski definition) is 1. The van der Waals surface area contributed by atoms with Gasteiger partial charge in [-0.25, -0.2) is 9.38 Å². The molecule has 0 atom stereocenters. The lowest BCUT2D eigenvalue weighted by atomic mass is 10.0. The summed E-state index contributed by atoms with van der Waals surface area (Å²) in [6.45, 7) is 1.74. The highest BCUT2D eigenvalue weighted by Crippen LogP contribution is 2.33. The molecular formula is C13H10F2N2. The average Bonchev–Trinajstić information content (AvgIpc) is 2.86. The second kappa shape index (κ2) is 3.52. The van der Waals surface area contributed by atoms with Crippen molar-refractivity contribution in [2.75, 3.05) is 0 Å². The second-order valence-electron chi connectivity index (χ2n) is 4.16. The number of aliphatic imine (C=N–C) groups is 1. The molecule has 0 saturated carbocycles. The molecule has 86 valence electrons. The highest BCUT2D eigenvalue weighted by atomic mass is 19.1. The topological polar surface area (TPSA) is 28.1 Å². The van der Waals surface area contributed by atoms with Crippen LogP contribution in [0.25, 0.3) is 16.5 Å². The smallest absolute Gasteiger partial charge is 0.217 e. The molecule has 0 amide bonds. The fourth-order valence-corrected chi connectivity index (χ4v) is 2.14. The number of H-pyrrole nitrogens is 1. The molecule has 1 aliphatic rings. The van der Waals surface area contributed by atoms with Crippen LogP contribution in [0.2, 0.25) is 0 Å². The molecule has 0 unspecified atom stereocenters. The van der Waals surface area contributed by atoms with Crippen molar-refractivity contribution in [3.63, 3.8) is 0 Å². The zero-order valence-electron chi connectivity index (χ0n) is 9.22. The summed E-state index contributed by atoms with van der Waals surface area (Å²) in [6, 6.07) is 4.99. The van der Waals surface area contributed by atoms with E-state index in [9.17, 15) is 8.78 Å². The van der Waals surface area contributed by atoms with Crippen molar-refractivity contribution >= 4 is 22.2 Å². The van der Waals surface area contributed by atoms with Crippen molar-refractivity contribution in [3.8, 4) is 0 Å². The summed E-state index contributed by atoms with van der Waals surface area (Å²) in [6.07, 6.45) is 2.04. The molecule has 0 bridgehead atoms. The van der Waals surface area contributed by atoms with Gasteiger partial charge in [-0.1, -0.05) is 0 Å². The summed E-state index contributed by atoms with van der Waals surface area (Å²) in [5, 5.41) is 0.479. The third-order valence-corrected chi connectivity index (χ3v) is 2.96. The standard InChI is InChI=1S/C13H10F2N2/c1-7-6-10(13(15)17-7)8-2-3-11-9(12(8)14)4-5-16-11/h2-5,16H,6H2,1H3. The molecule has 1 aromatic heterocycles. The molecule has 0 spiro atoms. The van der Waals surface area contributed by atoms with Gasteiger partial charge in [-0.3, -0.25) is 0 Å². The zero-order valence-corrected chi connectivity index (χ0v) is 9.22. The van der Waals surface area contributed by atoms with Crippen molar-refractivity contribution in [2.24, 2.45) is 4.99 Å². The van der Waals surface area contributed by atoms with Crippen molar-refractivity contribution in [1.82, 2.24) is 4.98 Å². The molecule has 0 fully saturated rings. The molecule has 3 rings (SSSR count). The third-order valence-electron chi connectivity index (χ3n) is 2.96. The van der Waals surface area contributed by atoms with E-state index in [2.05, 4.69) is 9.98 Å². The monoisotopic (exact) mass is 232 g/mol. The summed E-state index contributed by atoms with van der Waals surface area (Å²) in [5.41, 5.74) is 2.02. The van der Waals surface area contributed by atoms with Gasteiger partial charge in [0.15, 0.2) is 0 Å². The summed E-state index contributed by atoms with van der Waals surface area (Å²) >= 11 is 0. The molecular weight excluding hydrogens is 222 g/mol. The van der Waals surface area contributed by atoms with Crippen LogP contribution in [0.1, 0.15) is 18.9 Å². The molecule has 2 aromatic rings. The first-order valence-corrected chi connectivity index (χ1v) is 5.35. The van der Waals surface area contributed by atoms with Gasteiger partial charge in [0.2, 0.25) is 5.95 Å². The Kier molecular flexibility index (Phi) is 2.11. The van der Waals surface area contributed by atoms with Crippen LogP contribution in [0.15, 0.2) is 35.3 Å².